The molecule has 1 N–H and O–H groups in total. The van der Waals surface area contributed by atoms with Gasteiger partial charge in [-0.2, -0.15) is 8.78 Å². The minimum atomic E-state index is -2.88. The number of ether oxygens (including phenoxy) is 2. The van der Waals surface area contributed by atoms with Crippen LogP contribution in [0.2, 0.25) is 0 Å². The zero-order valence-electron chi connectivity index (χ0n) is 17.4. The average molecular weight is 411 g/mol. The van der Waals surface area contributed by atoms with Crippen LogP contribution in [0, 0.1) is 0 Å². The molecule has 1 aromatic rings. The summed E-state index contributed by atoms with van der Waals surface area (Å²) in [6.07, 6.45) is 4.55. The second-order valence-electron chi connectivity index (χ2n) is 7.53. The van der Waals surface area contributed by atoms with Crippen molar-refractivity contribution in [3.05, 3.63) is 23.8 Å². The molecule has 1 aromatic carbocycles. The van der Waals surface area contributed by atoms with Crippen molar-refractivity contribution >= 4 is 5.96 Å². The van der Waals surface area contributed by atoms with Crippen molar-refractivity contribution < 1.29 is 18.3 Å². The second kappa shape index (κ2) is 10.6. The average Bonchev–Trinajstić information content (AvgIpc) is 3.39. The molecule has 0 spiro atoms. The van der Waals surface area contributed by atoms with Crippen molar-refractivity contribution in [2.75, 3.05) is 39.8 Å². The first-order chi connectivity index (χ1) is 14.1. The molecule has 1 atom stereocenters. The SMILES string of the molecule is CCCOc1ccc(CNC(=NC)N2CCC(N3CCCC3)C2)c(OC(F)F)c1. The summed E-state index contributed by atoms with van der Waals surface area (Å²) in [7, 11) is 1.75. The molecule has 0 amide bonds. The third-order valence-electron chi connectivity index (χ3n) is 5.50. The smallest absolute Gasteiger partial charge is 0.387 e. The van der Waals surface area contributed by atoms with Gasteiger partial charge in [0.15, 0.2) is 5.96 Å². The van der Waals surface area contributed by atoms with Crippen molar-refractivity contribution in [3.8, 4) is 11.5 Å². The second-order valence-corrected chi connectivity index (χ2v) is 7.53. The van der Waals surface area contributed by atoms with Crippen molar-refractivity contribution in [2.45, 2.75) is 51.8 Å². The van der Waals surface area contributed by atoms with Crippen LogP contribution in [-0.2, 0) is 6.54 Å². The molecule has 0 aromatic heterocycles. The van der Waals surface area contributed by atoms with Gasteiger partial charge < -0.3 is 19.7 Å². The van der Waals surface area contributed by atoms with Crippen LogP contribution < -0.4 is 14.8 Å². The van der Waals surface area contributed by atoms with Crippen molar-refractivity contribution in [1.82, 2.24) is 15.1 Å². The molecule has 2 aliphatic rings. The Morgan fingerprint density at radius 3 is 2.76 bits per heavy atom. The van der Waals surface area contributed by atoms with Crippen LogP contribution in [0.3, 0.4) is 0 Å². The summed E-state index contributed by atoms with van der Waals surface area (Å²) < 4.78 is 36.0. The molecule has 3 rings (SSSR count). The number of benzene rings is 1. The van der Waals surface area contributed by atoms with E-state index in [1.807, 2.05) is 6.92 Å². The number of alkyl halides is 2. The predicted octanol–water partition coefficient (Wildman–Crippen LogP) is 3.32. The summed E-state index contributed by atoms with van der Waals surface area (Å²) >= 11 is 0. The number of nitrogens with one attached hydrogen (secondary N) is 1. The molecule has 2 saturated heterocycles. The van der Waals surface area contributed by atoms with E-state index in [0.29, 0.717) is 30.5 Å². The highest BCUT2D eigenvalue weighted by Gasteiger charge is 2.30. The maximum absolute atomic E-state index is 12.9. The van der Waals surface area contributed by atoms with E-state index in [0.717, 1.165) is 31.9 Å². The topological polar surface area (TPSA) is 49.3 Å². The van der Waals surface area contributed by atoms with E-state index in [9.17, 15) is 8.78 Å². The Kier molecular flexibility index (Phi) is 7.91. The van der Waals surface area contributed by atoms with Crippen molar-refractivity contribution in [3.63, 3.8) is 0 Å². The monoisotopic (exact) mass is 410 g/mol. The van der Waals surface area contributed by atoms with Gasteiger partial charge in [-0.3, -0.25) is 9.89 Å². The van der Waals surface area contributed by atoms with E-state index in [2.05, 4.69) is 20.1 Å². The molecular formula is C21H32F2N4O2. The standard InChI is InChI=1S/C21H32F2N4O2/c1-3-12-28-18-7-6-16(19(13-18)29-20(22)23)14-25-21(24-2)27-11-8-17(15-27)26-9-4-5-10-26/h6-7,13,17,20H,3-5,8-12,14-15H2,1-2H3,(H,24,25). The van der Waals surface area contributed by atoms with Crippen LogP contribution in [0.1, 0.15) is 38.2 Å². The number of halogens is 2. The third-order valence-corrected chi connectivity index (χ3v) is 5.50. The Morgan fingerprint density at radius 2 is 2.07 bits per heavy atom. The molecule has 8 heteroatoms. The molecule has 0 bridgehead atoms. The summed E-state index contributed by atoms with van der Waals surface area (Å²) in [6.45, 7) is 4.27. The Morgan fingerprint density at radius 1 is 1.28 bits per heavy atom. The lowest BCUT2D eigenvalue weighted by Gasteiger charge is -2.25. The molecule has 2 aliphatic heterocycles. The first-order valence-corrected chi connectivity index (χ1v) is 10.5. The fourth-order valence-corrected chi connectivity index (χ4v) is 4.04. The predicted molar refractivity (Wildman–Crippen MR) is 110 cm³/mol. The molecule has 1 unspecified atom stereocenters. The van der Waals surface area contributed by atoms with Crippen molar-refractivity contribution in [1.29, 1.82) is 0 Å². The Balaban J connectivity index is 1.61. The molecule has 0 aliphatic carbocycles. The van der Waals surface area contributed by atoms with Gasteiger partial charge in [0, 0.05) is 44.4 Å². The lowest BCUT2D eigenvalue weighted by atomic mass is 10.2. The third kappa shape index (κ3) is 5.95. The van der Waals surface area contributed by atoms with Crippen LogP contribution in [-0.4, -0.2) is 68.2 Å². The Labute approximate surface area is 171 Å². The van der Waals surface area contributed by atoms with Crippen molar-refractivity contribution in [2.24, 2.45) is 4.99 Å². The number of likely N-dealkylation sites (tertiary alicyclic amines) is 2. The maximum atomic E-state index is 12.9. The van der Waals surface area contributed by atoms with E-state index in [4.69, 9.17) is 9.47 Å². The minimum Gasteiger partial charge on any atom is -0.493 e. The largest absolute Gasteiger partial charge is 0.493 e. The fourth-order valence-electron chi connectivity index (χ4n) is 4.04. The molecule has 162 valence electrons. The fraction of sp³-hybridized carbons (Fsp3) is 0.667. The summed E-state index contributed by atoms with van der Waals surface area (Å²) in [6, 6.07) is 5.65. The molecule has 2 fully saturated rings. The van der Waals surface area contributed by atoms with Gasteiger partial charge in [-0.05, 0) is 50.9 Å². The zero-order chi connectivity index (χ0) is 20.6. The van der Waals surface area contributed by atoms with Gasteiger partial charge in [-0.15, -0.1) is 0 Å². The summed E-state index contributed by atoms with van der Waals surface area (Å²) in [4.78, 5) is 9.21. The van der Waals surface area contributed by atoms with Gasteiger partial charge in [0.05, 0.1) is 6.61 Å². The summed E-state index contributed by atoms with van der Waals surface area (Å²) in [5.74, 6) is 1.46. The number of hydrogen-bond donors (Lipinski definition) is 1. The van der Waals surface area contributed by atoms with Gasteiger partial charge in [-0.25, -0.2) is 0 Å². The quantitative estimate of drug-likeness (QED) is 0.526. The molecule has 6 nitrogen and oxygen atoms in total. The number of aliphatic imine (C=N–C) groups is 1. The first kappa shape index (κ1) is 21.6. The summed E-state index contributed by atoms with van der Waals surface area (Å²) in [5, 5.41) is 3.31. The van der Waals surface area contributed by atoms with Crippen LogP contribution >= 0.6 is 0 Å². The van der Waals surface area contributed by atoms with Gasteiger partial charge in [-0.1, -0.05) is 6.92 Å². The highest BCUT2D eigenvalue weighted by Crippen LogP contribution is 2.27. The minimum absolute atomic E-state index is 0.132. The molecule has 2 heterocycles. The van der Waals surface area contributed by atoms with Gasteiger partial charge in [0.2, 0.25) is 0 Å². The Bertz CT molecular complexity index is 681. The van der Waals surface area contributed by atoms with Gasteiger partial charge >= 0.3 is 6.61 Å². The number of hydrogen-bond acceptors (Lipinski definition) is 4. The van der Waals surface area contributed by atoms with E-state index < -0.39 is 6.61 Å². The molecule has 0 radical (unpaired) electrons. The first-order valence-electron chi connectivity index (χ1n) is 10.5. The highest BCUT2D eigenvalue weighted by atomic mass is 19.3. The normalized spacial score (nSPS) is 20.5. The van der Waals surface area contributed by atoms with E-state index in [1.54, 1.807) is 19.2 Å². The molecule has 29 heavy (non-hydrogen) atoms. The number of guanidine groups is 1. The van der Waals surface area contributed by atoms with Gasteiger partial charge in [0.25, 0.3) is 0 Å². The summed E-state index contributed by atoms with van der Waals surface area (Å²) in [5.41, 5.74) is 0.644. The highest BCUT2D eigenvalue weighted by molar-refractivity contribution is 5.80. The van der Waals surface area contributed by atoms with E-state index >= 15 is 0 Å². The molecule has 0 saturated carbocycles. The number of rotatable bonds is 8. The van der Waals surface area contributed by atoms with Crippen LogP contribution in [0.5, 0.6) is 11.5 Å². The molecular weight excluding hydrogens is 378 g/mol. The van der Waals surface area contributed by atoms with E-state index in [1.165, 1.54) is 32.0 Å². The zero-order valence-corrected chi connectivity index (χ0v) is 17.4. The Hall–Kier alpha value is -2.09. The van der Waals surface area contributed by atoms with Crippen LogP contribution in [0.4, 0.5) is 8.78 Å². The van der Waals surface area contributed by atoms with E-state index in [-0.39, 0.29) is 5.75 Å². The number of nitrogens with zero attached hydrogens (tertiary/aromatic N) is 3. The van der Waals surface area contributed by atoms with Crippen LogP contribution in [0.25, 0.3) is 0 Å². The lowest BCUT2D eigenvalue weighted by Crippen LogP contribution is -2.42. The lowest BCUT2D eigenvalue weighted by molar-refractivity contribution is -0.0505. The van der Waals surface area contributed by atoms with Crippen LogP contribution in [0.15, 0.2) is 23.2 Å². The maximum Gasteiger partial charge on any atom is 0.387 e. The van der Waals surface area contributed by atoms with Gasteiger partial charge in [0.1, 0.15) is 11.5 Å².